The predicted octanol–water partition coefficient (Wildman–Crippen LogP) is 13.2. The summed E-state index contributed by atoms with van der Waals surface area (Å²) in [5.74, 6) is 1.83. The van der Waals surface area contributed by atoms with E-state index >= 15 is 0 Å². The summed E-state index contributed by atoms with van der Waals surface area (Å²) in [7, 11) is 0. The number of hydrogen-bond donors (Lipinski definition) is 0. The smallest absolute Gasteiger partial charge is 0.164 e. The van der Waals surface area contributed by atoms with E-state index in [0.717, 1.165) is 66.5 Å². The van der Waals surface area contributed by atoms with Gasteiger partial charge in [-0.1, -0.05) is 164 Å². The molecule has 0 aliphatic rings. The lowest BCUT2D eigenvalue weighted by atomic mass is 9.98. The molecule has 0 bridgehead atoms. The molecule has 0 saturated carbocycles. The molecule has 56 heavy (non-hydrogen) atoms. The van der Waals surface area contributed by atoms with Crippen molar-refractivity contribution in [3.8, 4) is 62.1 Å². The molecule has 0 amide bonds. The van der Waals surface area contributed by atoms with Gasteiger partial charge >= 0.3 is 0 Å². The molecule has 0 radical (unpaired) electrons. The van der Waals surface area contributed by atoms with Crippen LogP contribution < -0.4 is 0 Å². The van der Waals surface area contributed by atoms with Crippen LogP contribution in [-0.2, 0) is 0 Å². The molecule has 0 atom stereocenters. The number of para-hydroxylation sites is 2. The molecule has 0 aliphatic heterocycles. The molecule has 262 valence electrons. The van der Waals surface area contributed by atoms with Gasteiger partial charge in [-0.15, -0.1) is 0 Å². The van der Waals surface area contributed by atoms with Gasteiger partial charge in [-0.2, -0.15) is 0 Å². The summed E-state index contributed by atoms with van der Waals surface area (Å²) in [5, 5.41) is 4.51. The maximum Gasteiger partial charge on any atom is 0.164 e. The van der Waals surface area contributed by atoms with Gasteiger partial charge in [-0.25, -0.2) is 15.0 Å². The van der Waals surface area contributed by atoms with Crippen LogP contribution in [0.25, 0.3) is 106 Å². The maximum absolute atomic E-state index is 6.90. The Labute approximate surface area is 322 Å². The van der Waals surface area contributed by atoms with Crippen molar-refractivity contribution in [1.29, 1.82) is 0 Å². The van der Waals surface area contributed by atoms with Gasteiger partial charge in [0.1, 0.15) is 11.2 Å². The van der Waals surface area contributed by atoms with Crippen molar-refractivity contribution in [3.05, 3.63) is 194 Å². The molecule has 8 aromatic carbocycles. The van der Waals surface area contributed by atoms with E-state index in [2.05, 4.69) is 138 Å². The molecule has 11 rings (SSSR count). The van der Waals surface area contributed by atoms with Gasteiger partial charge in [-0.3, -0.25) is 0 Å². The lowest BCUT2D eigenvalue weighted by molar-refractivity contribution is 0.669. The number of furan rings is 1. The minimum absolute atomic E-state index is 0.586. The lowest BCUT2D eigenvalue weighted by Crippen LogP contribution is -2.00. The van der Waals surface area contributed by atoms with Crippen molar-refractivity contribution in [2.75, 3.05) is 0 Å². The maximum atomic E-state index is 6.90. The number of aromatic nitrogens is 4. The monoisotopic (exact) mass is 716 g/mol. The third-order valence-electron chi connectivity index (χ3n) is 10.6. The summed E-state index contributed by atoms with van der Waals surface area (Å²) in [6.07, 6.45) is 0. The molecule has 0 N–H and O–H groups in total. The van der Waals surface area contributed by atoms with Gasteiger partial charge in [0.2, 0.25) is 0 Å². The summed E-state index contributed by atoms with van der Waals surface area (Å²) in [6, 6.07) is 67.4. The van der Waals surface area contributed by atoms with Crippen LogP contribution in [0.15, 0.2) is 199 Å². The van der Waals surface area contributed by atoms with Crippen LogP contribution in [0.2, 0.25) is 0 Å². The number of benzene rings is 8. The van der Waals surface area contributed by atoms with Crippen molar-refractivity contribution in [2.45, 2.75) is 0 Å². The van der Waals surface area contributed by atoms with Crippen molar-refractivity contribution in [2.24, 2.45) is 0 Å². The zero-order valence-electron chi connectivity index (χ0n) is 30.2. The van der Waals surface area contributed by atoms with Crippen LogP contribution in [0.5, 0.6) is 0 Å². The van der Waals surface area contributed by atoms with E-state index in [1.807, 2.05) is 60.7 Å². The Bertz CT molecular complexity index is 3170. The van der Waals surface area contributed by atoms with E-state index in [0.29, 0.717) is 17.5 Å². The normalized spacial score (nSPS) is 11.6. The molecule has 0 aliphatic carbocycles. The predicted molar refractivity (Wildman–Crippen MR) is 229 cm³/mol. The largest absolute Gasteiger partial charge is 0.456 e. The average Bonchev–Trinajstić information content (AvgIpc) is 3.82. The van der Waals surface area contributed by atoms with E-state index in [-0.39, 0.29) is 0 Å². The van der Waals surface area contributed by atoms with Gasteiger partial charge in [0, 0.05) is 49.9 Å². The number of hydrogen-bond acceptors (Lipinski definition) is 4. The summed E-state index contributed by atoms with van der Waals surface area (Å²) in [6.45, 7) is 0. The zero-order chi connectivity index (χ0) is 37.0. The number of rotatable bonds is 6. The summed E-state index contributed by atoms with van der Waals surface area (Å²) in [5.41, 5.74) is 12.2. The second-order valence-corrected chi connectivity index (χ2v) is 14.0. The highest BCUT2D eigenvalue weighted by atomic mass is 16.3. The topological polar surface area (TPSA) is 56.7 Å². The van der Waals surface area contributed by atoms with Crippen LogP contribution in [0, 0.1) is 0 Å². The molecule has 0 saturated heterocycles. The van der Waals surface area contributed by atoms with Crippen LogP contribution in [-0.4, -0.2) is 19.5 Å². The van der Waals surface area contributed by atoms with Crippen molar-refractivity contribution in [3.63, 3.8) is 0 Å². The standard InChI is InChI=1S/C51H32N4O/c1-5-16-33(17-6-1)39-25-15-26-41-40-24-13-14-27-44(40)55(48(39)41)38-31-43(34-18-7-2-8-19-34)47-42-29-28-37(30-45(42)56-46(47)32-38)51-53-49(35-20-9-3-10-21-35)52-50(54-51)36-22-11-4-12-23-36/h1-32H. The third kappa shape index (κ3) is 5.29. The van der Waals surface area contributed by atoms with Gasteiger partial charge in [0.15, 0.2) is 17.5 Å². The first-order valence-corrected chi connectivity index (χ1v) is 18.8. The SMILES string of the molecule is c1ccc(-c2nc(-c3ccccc3)nc(-c3ccc4c(c3)oc3cc(-n5c6ccccc6c6cccc(-c7ccccc7)c65)cc(-c5ccccc5)c34)n2)cc1. The molecule has 5 nitrogen and oxygen atoms in total. The van der Waals surface area contributed by atoms with Crippen molar-refractivity contribution >= 4 is 43.7 Å². The fraction of sp³-hybridized carbons (Fsp3) is 0. The second-order valence-electron chi connectivity index (χ2n) is 14.0. The van der Waals surface area contributed by atoms with E-state index in [4.69, 9.17) is 19.4 Å². The highest BCUT2D eigenvalue weighted by molar-refractivity contribution is 6.16. The van der Waals surface area contributed by atoms with Crippen LogP contribution in [0.3, 0.4) is 0 Å². The third-order valence-corrected chi connectivity index (χ3v) is 10.6. The molecule has 5 heteroatoms. The fourth-order valence-corrected chi connectivity index (χ4v) is 8.08. The molecule has 0 fully saturated rings. The Balaban J connectivity index is 1.16. The number of fused-ring (bicyclic) bond motifs is 6. The van der Waals surface area contributed by atoms with Crippen LogP contribution >= 0.6 is 0 Å². The van der Waals surface area contributed by atoms with Gasteiger partial charge < -0.3 is 8.98 Å². The highest BCUT2D eigenvalue weighted by Gasteiger charge is 2.21. The Morgan fingerprint density at radius 2 is 0.893 bits per heavy atom. The van der Waals surface area contributed by atoms with E-state index in [1.54, 1.807) is 0 Å². The molecular formula is C51H32N4O. The first-order valence-electron chi connectivity index (χ1n) is 18.8. The Morgan fingerprint density at radius 1 is 0.357 bits per heavy atom. The molecule has 0 spiro atoms. The molecule has 11 aromatic rings. The number of nitrogens with zero attached hydrogens (tertiary/aromatic N) is 4. The first-order chi connectivity index (χ1) is 27.8. The molecule has 3 aromatic heterocycles. The summed E-state index contributed by atoms with van der Waals surface area (Å²) in [4.78, 5) is 14.9. The van der Waals surface area contributed by atoms with Crippen LogP contribution in [0.4, 0.5) is 0 Å². The molecule has 0 unspecified atom stereocenters. The van der Waals surface area contributed by atoms with Gasteiger partial charge in [0.25, 0.3) is 0 Å². The van der Waals surface area contributed by atoms with E-state index in [1.165, 1.54) is 21.9 Å². The van der Waals surface area contributed by atoms with Gasteiger partial charge in [0.05, 0.1) is 16.7 Å². The van der Waals surface area contributed by atoms with Gasteiger partial charge in [-0.05, 0) is 41.0 Å². The zero-order valence-corrected chi connectivity index (χ0v) is 30.2. The lowest BCUT2D eigenvalue weighted by Gasteiger charge is -2.14. The Hall–Kier alpha value is -7.63. The Morgan fingerprint density at radius 3 is 1.54 bits per heavy atom. The van der Waals surface area contributed by atoms with Crippen LogP contribution in [0.1, 0.15) is 0 Å². The Kier molecular flexibility index (Phi) is 7.42. The minimum atomic E-state index is 0.586. The second kappa shape index (κ2) is 13.0. The average molecular weight is 717 g/mol. The molecular weight excluding hydrogens is 685 g/mol. The summed E-state index contributed by atoms with van der Waals surface area (Å²) < 4.78 is 9.30. The quantitative estimate of drug-likeness (QED) is 0.172. The highest BCUT2D eigenvalue weighted by Crippen LogP contribution is 2.43. The first kappa shape index (κ1) is 31.9. The molecule has 3 heterocycles. The van der Waals surface area contributed by atoms with Crippen molar-refractivity contribution < 1.29 is 4.42 Å². The van der Waals surface area contributed by atoms with E-state index in [9.17, 15) is 0 Å². The minimum Gasteiger partial charge on any atom is -0.456 e. The van der Waals surface area contributed by atoms with E-state index < -0.39 is 0 Å². The van der Waals surface area contributed by atoms with Crippen molar-refractivity contribution in [1.82, 2.24) is 19.5 Å². The summed E-state index contributed by atoms with van der Waals surface area (Å²) >= 11 is 0. The fourth-order valence-electron chi connectivity index (χ4n) is 8.08.